The van der Waals surface area contributed by atoms with E-state index in [0.717, 1.165) is 31.9 Å². The number of anilines is 1. The summed E-state index contributed by atoms with van der Waals surface area (Å²) < 4.78 is 5.25. The summed E-state index contributed by atoms with van der Waals surface area (Å²) in [4.78, 5) is 18.2. The normalized spacial score (nSPS) is 17.4. The van der Waals surface area contributed by atoms with E-state index in [1.807, 2.05) is 19.1 Å². The van der Waals surface area contributed by atoms with Gasteiger partial charge in [-0.3, -0.25) is 9.69 Å². The number of nitrogens with zero attached hydrogens (tertiary/aromatic N) is 2. The average Bonchev–Trinajstić information content (AvgIpc) is 3.23. The zero-order valence-electron chi connectivity index (χ0n) is 16.4. The summed E-state index contributed by atoms with van der Waals surface area (Å²) in [5, 5.41) is 5.28. The van der Waals surface area contributed by atoms with Crippen LogP contribution in [0.25, 0.3) is 0 Å². The number of hydrogen-bond donors (Lipinski definition) is 1. The number of hydrogen-bond acceptors (Lipinski definition) is 5. The van der Waals surface area contributed by atoms with Crippen LogP contribution < -0.4 is 15.0 Å². The van der Waals surface area contributed by atoms with E-state index < -0.39 is 0 Å². The molecule has 2 atom stereocenters. The number of methoxy groups -OCH3 is 1. The molecule has 0 aliphatic carbocycles. The summed E-state index contributed by atoms with van der Waals surface area (Å²) >= 11 is 1.77. The molecule has 0 unspecified atom stereocenters. The molecule has 3 rings (SSSR count). The molecule has 1 aromatic heterocycles. The Kier molecular flexibility index (Phi) is 6.74. The Bertz CT molecular complexity index is 710. The molecule has 1 aromatic carbocycles. The standard InChI is InChI=1S/C21H29N3O2S/c1-4-20(25)22-16(2)21(19-6-5-15-27-19)24-13-11-23(12-14-24)17-7-9-18(26-3)10-8-17/h5-10,15-16,21H,4,11-14H2,1-3H3,(H,22,25)/t16-,21+/m0/s1. The summed E-state index contributed by atoms with van der Waals surface area (Å²) in [7, 11) is 1.69. The highest BCUT2D eigenvalue weighted by Crippen LogP contribution is 2.30. The predicted octanol–water partition coefficient (Wildman–Crippen LogP) is 3.53. The van der Waals surface area contributed by atoms with Crippen LogP contribution in [0.4, 0.5) is 5.69 Å². The molecular formula is C21H29N3O2S. The van der Waals surface area contributed by atoms with Gasteiger partial charge in [0, 0.05) is 49.2 Å². The Morgan fingerprint density at radius 2 is 1.89 bits per heavy atom. The van der Waals surface area contributed by atoms with Crippen LogP contribution in [0.5, 0.6) is 5.75 Å². The summed E-state index contributed by atoms with van der Waals surface area (Å²) in [6, 6.07) is 12.8. The molecule has 1 amide bonds. The highest BCUT2D eigenvalue weighted by molar-refractivity contribution is 7.10. The minimum atomic E-state index is 0.0867. The smallest absolute Gasteiger partial charge is 0.219 e. The van der Waals surface area contributed by atoms with Crippen molar-refractivity contribution in [2.75, 3.05) is 38.2 Å². The van der Waals surface area contributed by atoms with Gasteiger partial charge >= 0.3 is 0 Å². The third-order valence-electron chi connectivity index (χ3n) is 5.16. The lowest BCUT2D eigenvalue weighted by Crippen LogP contribution is -2.52. The second-order valence-electron chi connectivity index (χ2n) is 6.89. The van der Waals surface area contributed by atoms with Gasteiger partial charge in [0.05, 0.1) is 13.2 Å². The van der Waals surface area contributed by atoms with E-state index in [1.54, 1.807) is 18.4 Å². The van der Waals surface area contributed by atoms with Crippen molar-refractivity contribution >= 4 is 22.9 Å². The van der Waals surface area contributed by atoms with E-state index >= 15 is 0 Å². The summed E-state index contributed by atoms with van der Waals surface area (Å²) in [6.07, 6.45) is 0.521. The van der Waals surface area contributed by atoms with Crippen molar-refractivity contribution in [1.29, 1.82) is 0 Å². The van der Waals surface area contributed by atoms with Crippen LogP contribution in [-0.2, 0) is 4.79 Å². The number of thiophene rings is 1. The molecule has 2 heterocycles. The van der Waals surface area contributed by atoms with Crippen molar-refractivity contribution in [3.05, 3.63) is 46.7 Å². The van der Waals surface area contributed by atoms with Crippen LogP contribution in [0.15, 0.2) is 41.8 Å². The number of carbonyl (C=O) groups excluding carboxylic acids is 1. The van der Waals surface area contributed by atoms with Gasteiger partial charge in [0.1, 0.15) is 5.75 Å². The molecule has 0 saturated carbocycles. The maximum absolute atomic E-state index is 11.9. The lowest BCUT2D eigenvalue weighted by molar-refractivity contribution is -0.121. The first-order valence-electron chi connectivity index (χ1n) is 9.58. The monoisotopic (exact) mass is 387 g/mol. The van der Waals surface area contributed by atoms with Gasteiger partial charge in [-0.1, -0.05) is 13.0 Å². The molecular weight excluding hydrogens is 358 g/mol. The third kappa shape index (κ3) is 4.82. The minimum Gasteiger partial charge on any atom is -0.497 e. The van der Waals surface area contributed by atoms with Crippen molar-refractivity contribution in [3.8, 4) is 5.75 Å². The first-order chi connectivity index (χ1) is 13.1. The van der Waals surface area contributed by atoms with Gasteiger partial charge in [0.25, 0.3) is 0 Å². The Labute approximate surface area is 165 Å². The second kappa shape index (κ2) is 9.24. The van der Waals surface area contributed by atoms with Crippen LogP contribution in [0.2, 0.25) is 0 Å². The number of nitrogens with one attached hydrogen (secondary N) is 1. The fraction of sp³-hybridized carbons (Fsp3) is 0.476. The van der Waals surface area contributed by atoms with Crippen LogP contribution in [0.3, 0.4) is 0 Å². The zero-order valence-corrected chi connectivity index (χ0v) is 17.2. The van der Waals surface area contributed by atoms with Gasteiger partial charge in [0.15, 0.2) is 0 Å². The molecule has 146 valence electrons. The van der Waals surface area contributed by atoms with E-state index in [9.17, 15) is 4.79 Å². The topological polar surface area (TPSA) is 44.8 Å². The molecule has 1 aliphatic rings. The number of rotatable bonds is 7. The van der Waals surface area contributed by atoms with Crippen LogP contribution in [-0.4, -0.2) is 50.1 Å². The molecule has 1 fully saturated rings. The molecule has 6 heteroatoms. The first kappa shape index (κ1) is 19.7. The number of amides is 1. The molecule has 0 spiro atoms. The fourth-order valence-corrected chi connectivity index (χ4v) is 4.65. The van der Waals surface area contributed by atoms with Crippen molar-refractivity contribution in [2.24, 2.45) is 0 Å². The van der Waals surface area contributed by atoms with Crippen molar-refractivity contribution < 1.29 is 9.53 Å². The maximum atomic E-state index is 11.9. The highest BCUT2D eigenvalue weighted by Gasteiger charge is 2.30. The zero-order chi connectivity index (χ0) is 19.2. The van der Waals surface area contributed by atoms with Gasteiger partial charge in [-0.05, 0) is 42.6 Å². The van der Waals surface area contributed by atoms with Gasteiger partial charge < -0.3 is 15.0 Å². The molecule has 27 heavy (non-hydrogen) atoms. The quantitative estimate of drug-likeness (QED) is 0.789. The van der Waals surface area contributed by atoms with E-state index in [4.69, 9.17) is 4.74 Å². The summed E-state index contributed by atoms with van der Waals surface area (Å²) in [5.74, 6) is 0.997. The SMILES string of the molecule is CCC(=O)N[C@@H](C)[C@H](c1cccs1)N1CCN(c2ccc(OC)cc2)CC1. The molecule has 1 aliphatic heterocycles. The maximum Gasteiger partial charge on any atom is 0.219 e. The molecule has 1 saturated heterocycles. The lowest BCUT2D eigenvalue weighted by Gasteiger charge is -2.42. The molecule has 2 aromatic rings. The van der Waals surface area contributed by atoms with E-state index in [2.05, 4.69) is 51.7 Å². The first-order valence-corrected chi connectivity index (χ1v) is 10.5. The molecule has 0 bridgehead atoms. The minimum absolute atomic E-state index is 0.0867. The number of benzene rings is 1. The van der Waals surface area contributed by atoms with Crippen molar-refractivity contribution in [3.63, 3.8) is 0 Å². The second-order valence-corrected chi connectivity index (χ2v) is 7.87. The number of ether oxygens (including phenoxy) is 1. The molecule has 1 N–H and O–H groups in total. The van der Waals surface area contributed by atoms with Gasteiger partial charge in [-0.2, -0.15) is 0 Å². The van der Waals surface area contributed by atoms with E-state index in [0.29, 0.717) is 6.42 Å². The van der Waals surface area contributed by atoms with Crippen molar-refractivity contribution in [2.45, 2.75) is 32.4 Å². The molecule has 5 nitrogen and oxygen atoms in total. The molecule has 0 radical (unpaired) electrons. The largest absolute Gasteiger partial charge is 0.497 e. The fourth-order valence-electron chi connectivity index (χ4n) is 3.69. The highest BCUT2D eigenvalue weighted by atomic mass is 32.1. The Morgan fingerprint density at radius 3 is 2.44 bits per heavy atom. The van der Waals surface area contributed by atoms with E-state index in [-0.39, 0.29) is 18.0 Å². The number of piperazine rings is 1. The van der Waals surface area contributed by atoms with Gasteiger partial charge in [-0.25, -0.2) is 0 Å². The van der Waals surface area contributed by atoms with Crippen molar-refractivity contribution in [1.82, 2.24) is 10.2 Å². The van der Waals surface area contributed by atoms with Crippen LogP contribution in [0, 0.1) is 0 Å². The van der Waals surface area contributed by atoms with Crippen LogP contribution >= 0.6 is 11.3 Å². The summed E-state index contributed by atoms with van der Waals surface area (Å²) in [5.41, 5.74) is 1.23. The Balaban J connectivity index is 1.67. The summed E-state index contributed by atoms with van der Waals surface area (Å²) in [6.45, 7) is 7.91. The van der Waals surface area contributed by atoms with Gasteiger partial charge in [0.2, 0.25) is 5.91 Å². The lowest BCUT2D eigenvalue weighted by atomic mass is 10.0. The Morgan fingerprint density at radius 1 is 1.19 bits per heavy atom. The van der Waals surface area contributed by atoms with Gasteiger partial charge in [-0.15, -0.1) is 11.3 Å². The predicted molar refractivity (Wildman–Crippen MR) is 112 cm³/mol. The van der Waals surface area contributed by atoms with E-state index in [1.165, 1.54) is 10.6 Å². The third-order valence-corrected chi connectivity index (χ3v) is 6.11. The van der Waals surface area contributed by atoms with Crippen LogP contribution in [0.1, 0.15) is 31.2 Å². The number of carbonyl (C=O) groups is 1. The average molecular weight is 388 g/mol. The Hall–Kier alpha value is -2.05.